The summed E-state index contributed by atoms with van der Waals surface area (Å²) in [5.41, 5.74) is -3.90. The lowest BCUT2D eigenvalue weighted by Crippen LogP contribution is -2.51. The number of rotatable bonds is 11. The summed E-state index contributed by atoms with van der Waals surface area (Å²) in [4.78, 5) is 31.2. The smallest absolute Gasteiger partial charge is 0.444 e. The van der Waals surface area contributed by atoms with Crippen LogP contribution in [-0.4, -0.2) is 78.7 Å². The maximum absolute atomic E-state index is 14.7. The molecule has 1 saturated carbocycles. The van der Waals surface area contributed by atoms with E-state index in [1.807, 2.05) is 29.2 Å². The highest BCUT2D eigenvalue weighted by Gasteiger charge is 2.49. The molecule has 1 aliphatic carbocycles. The molecule has 2 heterocycles. The predicted octanol–water partition coefficient (Wildman–Crippen LogP) is 6.44. The van der Waals surface area contributed by atoms with Gasteiger partial charge in [0.15, 0.2) is 0 Å². The summed E-state index contributed by atoms with van der Waals surface area (Å²) in [5.74, 6) is -2.02. The SMILES string of the molecule is COCCCn1cc(CN(C(=O)[C@H]2CN(C(=O)OC(C)(C)C)CC[C@@H]2c2cccc(OS(=O)(=O)C(F)(F)F)c2)C2CC2)c2ccccc21. The lowest BCUT2D eigenvalue weighted by molar-refractivity contribution is -0.139. The molecule has 14 heteroatoms. The van der Waals surface area contributed by atoms with Gasteiger partial charge in [-0.3, -0.25) is 4.79 Å². The highest BCUT2D eigenvalue weighted by atomic mass is 32.2. The Morgan fingerprint density at radius 1 is 1.02 bits per heavy atom. The summed E-state index contributed by atoms with van der Waals surface area (Å²) < 4.78 is 80.2. The van der Waals surface area contributed by atoms with Gasteiger partial charge in [0, 0.05) is 63.0 Å². The number of hydrogen-bond acceptors (Lipinski definition) is 7. The van der Waals surface area contributed by atoms with Gasteiger partial charge in [-0.1, -0.05) is 30.3 Å². The Morgan fingerprint density at radius 3 is 2.42 bits per heavy atom. The number of benzene rings is 2. The quantitative estimate of drug-likeness (QED) is 0.129. The molecule has 0 bridgehead atoms. The molecule has 262 valence electrons. The van der Waals surface area contributed by atoms with Gasteiger partial charge >= 0.3 is 21.7 Å². The highest BCUT2D eigenvalue weighted by molar-refractivity contribution is 7.88. The zero-order chi connectivity index (χ0) is 34.9. The summed E-state index contributed by atoms with van der Waals surface area (Å²) in [7, 11) is -4.23. The molecule has 1 aromatic heterocycles. The molecule has 3 aromatic rings. The second-order valence-corrected chi connectivity index (χ2v) is 14.9. The van der Waals surface area contributed by atoms with Crippen LogP contribution in [0.5, 0.6) is 5.75 Å². The van der Waals surface area contributed by atoms with Crippen LogP contribution in [0.15, 0.2) is 54.7 Å². The van der Waals surface area contributed by atoms with E-state index in [0.717, 1.165) is 48.3 Å². The fourth-order valence-electron chi connectivity index (χ4n) is 6.25. The lowest BCUT2D eigenvalue weighted by atomic mass is 9.79. The molecule has 0 N–H and O–H groups in total. The van der Waals surface area contributed by atoms with Gasteiger partial charge in [0.25, 0.3) is 0 Å². The van der Waals surface area contributed by atoms with E-state index in [4.69, 9.17) is 9.47 Å². The van der Waals surface area contributed by atoms with Crippen molar-refractivity contribution in [3.8, 4) is 5.75 Å². The third-order valence-corrected chi connectivity index (χ3v) is 9.57. The largest absolute Gasteiger partial charge is 0.534 e. The van der Waals surface area contributed by atoms with Crippen LogP contribution in [-0.2, 0) is 37.5 Å². The van der Waals surface area contributed by atoms with E-state index in [0.29, 0.717) is 25.1 Å². The predicted molar refractivity (Wildman–Crippen MR) is 173 cm³/mol. The topological polar surface area (TPSA) is 107 Å². The summed E-state index contributed by atoms with van der Waals surface area (Å²) in [5, 5.41) is 1.03. The minimum atomic E-state index is -5.89. The molecule has 2 amide bonds. The molecule has 0 unspecified atom stereocenters. The Hall–Kier alpha value is -3.78. The van der Waals surface area contributed by atoms with Crippen LogP contribution in [0.3, 0.4) is 0 Å². The number of amides is 2. The summed E-state index contributed by atoms with van der Waals surface area (Å²) in [6, 6.07) is 13.4. The molecule has 2 aliphatic rings. The third kappa shape index (κ3) is 8.25. The molecule has 2 fully saturated rings. The zero-order valence-electron chi connectivity index (χ0n) is 27.5. The fraction of sp³-hybridized carbons (Fsp3) is 0.529. The second-order valence-electron chi connectivity index (χ2n) is 13.4. The number of aromatic nitrogens is 1. The Labute approximate surface area is 278 Å². The number of alkyl halides is 3. The molecular weight excluding hydrogens is 651 g/mol. The fourth-order valence-corrected chi connectivity index (χ4v) is 6.70. The minimum Gasteiger partial charge on any atom is -0.444 e. The van der Waals surface area contributed by atoms with Crippen LogP contribution in [0, 0.1) is 5.92 Å². The maximum Gasteiger partial charge on any atom is 0.534 e. The first kappa shape index (κ1) is 35.5. The van der Waals surface area contributed by atoms with E-state index < -0.39 is 44.9 Å². The van der Waals surface area contributed by atoms with Crippen molar-refractivity contribution in [3.63, 3.8) is 0 Å². The average Bonchev–Trinajstić information content (AvgIpc) is 3.80. The summed E-state index contributed by atoms with van der Waals surface area (Å²) >= 11 is 0. The van der Waals surface area contributed by atoms with E-state index in [1.54, 1.807) is 33.9 Å². The van der Waals surface area contributed by atoms with E-state index in [9.17, 15) is 31.2 Å². The number of likely N-dealkylation sites (tertiary alicyclic amines) is 1. The van der Waals surface area contributed by atoms with Crippen molar-refractivity contribution in [2.24, 2.45) is 5.92 Å². The van der Waals surface area contributed by atoms with Crippen molar-refractivity contribution in [3.05, 3.63) is 65.9 Å². The number of nitrogens with zero attached hydrogens (tertiary/aromatic N) is 3. The van der Waals surface area contributed by atoms with E-state index in [1.165, 1.54) is 17.0 Å². The number of aryl methyl sites for hydroxylation is 1. The number of carbonyl (C=O) groups excluding carboxylic acids is 2. The molecular formula is C34H42F3N3O7S. The van der Waals surface area contributed by atoms with Crippen LogP contribution in [0.2, 0.25) is 0 Å². The van der Waals surface area contributed by atoms with E-state index in [-0.39, 0.29) is 25.0 Å². The Kier molecular flexibility index (Phi) is 10.4. The first-order valence-electron chi connectivity index (χ1n) is 16.0. The van der Waals surface area contributed by atoms with Gasteiger partial charge in [0.05, 0.1) is 5.92 Å². The van der Waals surface area contributed by atoms with Crippen molar-refractivity contribution >= 4 is 33.0 Å². The van der Waals surface area contributed by atoms with Crippen molar-refractivity contribution in [1.82, 2.24) is 14.4 Å². The monoisotopic (exact) mass is 693 g/mol. The van der Waals surface area contributed by atoms with Crippen LogP contribution >= 0.6 is 0 Å². The first-order valence-corrected chi connectivity index (χ1v) is 17.4. The van der Waals surface area contributed by atoms with Crippen molar-refractivity contribution in [1.29, 1.82) is 0 Å². The average molecular weight is 694 g/mol. The van der Waals surface area contributed by atoms with Gasteiger partial charge in [0.1, 0.15) is 11.4 Å². The standard InChI is InChI=1S/C34H42F3N3O7S/c1-33(2,3)46-32(42)39-17-15-27(23-9-7-10-26(19-23)47-48(43,44)34(35,36)37)29(22-39)31(41)40(25-13-14-25)21-24-20-38(16-8-18-45-4)30-12-6-5-11-28(24)30/h5-7,9-12,19-20,25,27,29H,8,13-18,21-22H2,1-4H3/t27-,29+/m1/s1. The lowest BCUT2D eigenvalue weighted by Gasteiger charge is -2.40. The van der Waals surface area contributed by atoms with Crippen molar-refractivity contribution in [2.45, 2.75) is 82.6 Å². The van der Waals surface area contributed by atoms with Gasteiger partial charge in [0.2, 0.25) is 5.91 Å². The Balaban J connectivity index is 1.47. The molecule has 5 rings (SSSR count). The number of methoxy groups -OCH3 is 1. The van der Waals surface area contributed by atoms with Crippen molar-refractivity contribution in [2.75, 3.05) is 26.8 Å². The van der Waals surface area contributed by atoms with Gasteiger partial charge in [-0.05, 0) is 81.7 Å². The summed E-state index contributed by atoms with van der Waals surface area (Å²) in [6.45, 7) is 7.19. The number of para-hydroxylation sites is 1. The molecule has 48 heavy (non-hydrogen) atoms. The number of carbonyl (C=O) groups is 2. The number of ether oxygens (including phenoxy) is 2. The van der Waals surface area contributed by atoms with E-state index >= 15 is 0 Å². The molecule has 1 aliphatic heterocycles. The van der Waals surface area contributed by atoms with Crippen LogP contribution in [0.4, 0.5) is 18.0 Å². The van der Waals surface area contributed by atoms with Gasteiger partial charge < -0.3 is 28.0 Å². The minimum absolute atomic E-state index is 0.00254. The third-order valence-electron chi connectivity index (χ3n) is 8.59. The molecule has 0 spiro atoms. The molecule has 2 aromatic carbocycles. The molecule has 0 radical (unpaired) electrons. The zero-order valence-corrected chi connectivity index (χ0v) is 28.4. The number of fused-ring (bicyclic) bond motifs is 1. The normalized spacial score (nSPS) is 18.9. The van der Waals surface area contributed by atoms with Gasteiger partial charge in [-0.25, -0.2) is 4.79 Å². The van der Waals surface area contributed by atoms with Crippen LogP contribution < -0.4 is 4.18 Å². The first-order chi connectivity index (χ1) is 22.6. The van der Waals surface area contributed by atoms with Crippen LogP contribution in [0.1, 0.15) is 63.5 Å². The van der Waals surface area contributed by atoms with Gasteiger partial charge in [-0.2, -0.15) is 21.6 Å². The van der Waals surface area contributed by atoms with Gasteiger partial charge in [-0.15, -0.1) is 0 Å². The highest BCUT2D eigenvalue weighted by Crippen LogP contribution is 2.40. The molecule has 10 nitrogen and oxygen atoms in total. The number of halogens is 3. The maximum atomic E-state index is 14.7. The number of hydrogen-bond donors (Lipinski definition) is 0. The molecule has 2 atom stereocenters. The molecule has 1 saturated heterocycles. The Bertz CT molecular complexity index is 1730. The van der Waals surface area contributed by atoms with Crippen LogP contribution in [0.25, 0.3) is 10.9 Å². The second kappa shape index (κ2) is 14.0. The van der Waals surface area contributed by atoms with Crippen molar-refractivity contribution < 1.29 is 44.8 Å². The summed E-state index contributed by atoms with van der Waals surface area (Å²) in [6.07, 6.45) is 4.26. The Morgan fingerprint density at radius 2 is 1.75 bits per heavy atom. The number of piperidine rings is 1. The van der Waals surface area contributed by atoms with E-state index in [2.05, 4.69) is 14.9 Å².